The van der Waals surface area contributed by atoms with Crippen LogP contribution in [0.25, 0.3) is 11.1 Å². The van der Waals surface area contributed by atoms with Crippen LogP contribution in [-0.2, 0) is 25.7 Å². The lowest BCUT2D eigenvalue weighted by atomic mass is 9.83. The molecule has 2 fully saturated rings. The van der Waals surface area contributed by atoms with Gasteiger partial charge < -0.3 is 25.4 Å². The van der Waals surface area contributed by atoms with Gasteiger partial charge in [0.1, 0.15) is 19.3 Å². The smallest absolute Gasteiger partial charge is 0.407 e. The van der Waals surface area contributed by atoms with Crippen molar-refractivity contribution in [1.29, 1.82) is 0 Å². The number of amides is 2. The van der Waals surface area contributed by atoms with E-state index in [9.17, 15) is 14.4 Å². The maximum atomic E-state index is 13.6. The van der Waals surface area contributed by atoms with Crippen molar-refractivity contribution in [3.63, 3.8) is 0 Å². The van der Waals surface area contributed by atoms with E-state index < -0.39 is 30.2 Å². The first-order chi connectivity index (χ1) is 21.0. The Hall–Kier alpha value is -3.88. The number of likely N-dealkylation sites (tertiary alicyclic amines) is 1. The number of rotatable bonds is 8. The van der Waals surface area contributed by atoms with Gasteiger partial charge in [0.25, 0.3) is 0 Å². The maximum Gasteiger partial charge on any atom is 0.407 e. The van der Waals surface area contributed by atoms with Crippen LogP contribution in [0.1, 0.15) is 61.1 Å². The lowest BCUT2D eigenvalue weighted by Crippen LogP contribution is -2.52. The summed E-state index contributed by atoms with van der Waals surface area (Å²) in [5, 5.41) is 2.91. The standard InChI is InChI=1S/C35H39N3O5.ClH/c36-32(24-13-5-2-6-14-24)33(39)38-20-25(19-31(38)34(40)42-21-23-11-3-1-4-12-23)37-35(41)43-22-30-28-17-9-7-15-26(28)27-16-8-10-18-29(27)30;/h1,3-4,7-12,15-18,24-25,30-32H,2,5-6,13-14,19-22,36H2,(H,37,41);1H/t25-,31-,32-;/m0./s1. The van der Waals surface area contributed by atoms with Crippen LogP contribution in [0.2, 0.25) is 0 Å². The van der Waals surface area contributed by atoms with Gasteiger partial charge in [0.05, 0.1) is 12.1 Å². The van der Waals surface area contributed by atoms with Crippen LogP contribution >= 0.6 is 12.4 Å². The topological polar surface area (TPSA) is 111 Å². The van der Waals surface area contributed by atoms with Gasteiger partial charge in [-0.25, -0.2) is 9.59 Å². The molecule has 1 heterocycles. The number of carbonyl (C=O) groups is 3. The Labute approximate surface area is 264 Å². The average Bonchev–Trinajstić information content (AvgIpc) is 3.62. The van der Waals surface area contributed by atoms with E-state index in [0.717, 1.165) is 59.9 Å². The molecule has 1 saturated carbocycles. The number of hydrogen-bond donors (Lipinski definition) is 2. The van der Waals surface area contributed by atoms with Crippen molar-refractivity contribution in [3.05, 3.63) is 95.6 Å². The maximum absolute atomic E-state index is 13.6. The number of carbonyl (C=O) groups excluding carboxylic acids is 3. The Bertz CT molecular complexity index is 1420. The molecule has 8 nitrogen and oxygen atoms in total. The first-order valence-corrected chi connectivity index (χ1v) is 15.4. The molecule has 1 saturated heterocycles. The second-order valence-electron chi connectivity index (χ2n) is 11.9. The van der Waals surface area contributed by atoms with Crippen LogP contribution in [-0.4, -0.2) is 54.1 Å². The molecule has 3 aromatic rings. The van der Waals surface area contributed by atoms with Crippen LogP contribution in [0.4, 0.5) is 4.79 Å². The quantitative estimate of drug-likeness (QED) is 0.320. The Morgan fingerprint density at radius 3 is 2.11 bits per heavy atom. The Kier molecular flexibility index (Phi) is 10.2. The zero-order valence-electron chi connectivity index (χ0n) is 24.7. The summed E-state index contributed by atoms with van der Waals surface area (Å²) < 4.78 is 11.4. The van der Waals surface area contributed by atoms with E-state index >= 15 is 0 Å². The predicted octanol–water partition coefficient (Wildman–Crippen LogP) is 5.57. The molecule has 0 spiro atoms. The molecule has 2 amide bonds. The second kappa shape index (κ2) is 14.3. The number of benzene rings is 3. The summed E-state index contributed by atoms with van der Waals surface area (Å²) in [4.78, 5) is 41.5. The highest BCUT2D eigenvalue weighted by Gasteiger charge is 2.44. The fourth-order valence-electron chi connectivity index (χ4n) is 6.93. The minimum absolute atomic E-state index is 0. The summed E-state index contributed by atoms with van der Waals surface area (Å²) in [5.74, 6) is -0.722. The summed E-state index contributed by atoms with van der Waals surface area (Å²) in [7, 11) is 0. The summed E-state index contributed by atoms with van der Waals surface area (Å²) in [6.45, 7) is 0.468. The summed E-state index contributed by atoms with van der Waals surface area (Å²) in [6, 6.07) is 23.8. The number of fused-ring (bicyclic) bond motifs is 3. The van der Waals surface area contributed by atoms with Gasteiger partial charge in [-0.05, 0) is 46.6 Å². The number of ether oxygens (including phenoxy) is 2. The highest BCUT2D eigenvalue weighted by Crippen LogP contribution is 2.44. The largest absolute Gasteiger partial charge is 0.459 e. The third kappa shape index (κ3) is 6.76. The predicted molar refractivity (Wildman–Crippen MR) is 170 cm³/mol. The zero-order chi connectivity index (χ0) is 29.8. The van der Waals surface area contributed by atoms with Gasteiger partial charge in [-0.15, -0.1) is 12.4 Å². The van der Waals surface area contributed by atoms with Crippen LogP contribution < -0.4 is 11.1 Å². The van der Waals surface area contributed by atoms with E-state index in [0.29, 0.717) is 0 Å². The van der Waals surface area contributed by atoms with Gasteiger partial charge in [-0.1, -0.05) is 98.1 Å². The molecular formula is C35H40ClN3O5. The van der Waals surface area contributed by atoms with Gasteiger partial charge in [-0.3, -0.25) is 4.79 Å². The SMILES string of the molecule is Cl.N[C@H](C(=O)N1C[C@@H](NC(=O)OCC2c3ccccc3-c3ccccc32)C[C@H]1C(=O)OCc1ccccc1)C1CCCCC1. The molecule has 3 aromatic carbocycles. The molecule has 0 bridgehead atoms. The number of nitrogens with zero attached hydrogens (tertiary/aromatic N) is 1. The van der Waals surface area contributed by atoms with Gasteiger partial charge in [-0.2, -0.15) is 0 Å². The molecule has 2 aliphatic carbocycles. The molecule has 0 unspecified atom stereocenters. The second-order valence-corrected chi connectivity index (χ2v) is 11.9. The molecular weight excluding hydrogens is 578 g/mol. The number of nitrogens with two attached hydrogens (primary N) is 1. The van der Waals surface area contributed by atoms with Gasteiger partial charge in [0.2, 0.25) is 5.91 Å². The van der Waals surface area contributed by atoms with Crippen LogP contribution in [0.15, 0.2) is 78.9 Å². The van der Waals surface area contributed by atoms with Crippen molar-refractivity contribution in [3.8, 4) is 11.1 Å². The molecule has 232 valence electrons. The molecule has 9 heteroatoms. The first kappa shape index (κ1) is 31.5. The van der Waals surface area contributed by atoms with Gasteiger partial charge in [0, 0.05) is 18.9 Å². The van der Waals surface area contributed by atoms with Crippen LogP contribution in [0.5, 0.6) is 0 Å². The van der Waals surface area contributed by atoms with Crippen molar-refractivity contribution >= 4 is 30.4 Å². The molecule has 44 heavy (non-hydrogen) atoms. The fourth-order valence-corrected chi connectivity index (χ4v) is 6.93. The summed E-state index contributed by atoms with van der Waals surface area (Å²) in [6.07, 6.45) is 4.74. The summed E-state index contributed by atoms with van der Waals surface area (Å²) in [5.41, 5.74) is 11.9. The fraction of sp³-hybridized carbons (Fsp3) is 0.400. The highest BCUT2D eigenvalue weighted by molar-refractivity contribution is 5.89. The van der Waals surface area contributed by atoms with Crippen LogP contribution in [0, 0.1) is 5.92 Å². The number of alkyl carbamates (subject to hydrolysis) is 1. The van der Waals surface area contributed by atoms with E-state index in [1.807, 2.05) is 54.6 Å². The summed E-state index contributed by atoms with van der Waals surface area (Å²) >= 11 is 0. The minimum atomic E-state index is -0.829. The molecule has 3 atom stereocenters. The minimum Gasteiger partial charge on any atom is -0.459 e. The molecule has 0 aromatic heterocycles. The van der Waals surface area contributed by atoms with Crippen molar-refractivity contribution in [2.75, 3.05) is 13.2 Å². The normalized spacial score (nSPS) is 20.2. The highest BCUT2D eigenvalue weighted by atomic mass is 35.5. The molecule has 3 aliphatic rings. The number of esters is 1. The van der Waals surface area contributed by atoms with Crippen molar-refractivity contribution in [2.24, 2.45) is 11.7 Å². The number of nitrogens with one attached hydrogen (secondary N) is 1. The molecule has 6 rings (SSSR count). The molecule has 0 radical (unpaired) electrons. The average molecular weight is 618 g/mol. The Balaban J connectivity index is 0.00000384. The van der Waals surface area contributed by atoms with Gasteiger partial charge >= 0.3 is 12.1 Å². The zero-order valence-corrected chi connectivity index (χ0v) is 25.5. The first-order valence-electron chi connectivity index (χ1n) is 15.4. The number of hydrogen-bond acceptors (Lipinski definition) is 6. The van der Waals surface area contributed by atoms with E-state index in [-0.39, 0.29) is 56.3 Å². The van der Waals surface area contributed by atoms with Crippen molar-refractivity contribution in [2.45, 2.75) is 69.2 Å². The van der Waals surface area contributed by atoms with Crippen molar-refractivity contribution < 1.29 is 23.9 Å². The molecule has 1 aliphatic heterocycles. The van der Waals surface area contributed by atoms with Gasteiger partial charge in [0.15, 0.2) is 0 Å². The van der Waals surface area contributed by atoms with E-state index in [2.05, 4.69) is 29.6 Å². The third-order valence-corrected chi connectivity index (χ3v) is 9.19. The van der Waals surface area contributed by atoms with Crippen molar-refractivity contribution in [1.82, 2.24) is 10.2 Å². The lowest BCUT2D eigenvalue weighted by Gasteiger charge is -2.31. The lowest BCUT2D eigenvalue weighted by molar-refractivity contribution is -0.155. The Morgan fingerprint density at radius 2 is 1.45 bits per heavy atom. The molecule has 3 N–H and O–H groups in total. The number of halogens is 1. The monoisotopic (exact) mass is 617 g/mol. The van der Waals surface area contributed by atoms with E-state index in [4.69, 9.17) is 15.2 Å². The van der Waals surface area contributed by atoms with E-state index in [1.165, 1.54) is 4.90 Å². The third-order valence-electron chi connectivity index (χ3n) is 9.19. The Morgan fingerprint density at radius 1 is 0.841 bits per heavy atom. The van der Waals surface area contributed by atoms with E-state index in [1.54, 1.807) is 0 Å². The van der Waals surface area contributed by atoms with Crippen LogP contribution in [0.3, 0.4) is 0 Å².